The molecule has 2 aliphatic heterocycles. The smallest absolute Gasteiger partial charge is 0.258 e. The van der Waals surface area contributed by atoms with E-state index in [4.69, 9.17) is 4.74 Å². The molecule has 3 N–H and O–H groups in total. The van der Waals surface area contributed by atoms with Crippen molar-refractivity contribution in [3.63, 3.8) is 0 Å². The number of anilines is 1. The van der Waals surface area contributed by atoms with E-state index in [-0.39, 0.29) is 68.6 Å². The normalized spacial score (nSPS) is 19.6. The molecule has 54 heavy (non-hydrogen) atoms. The predicted octanol–water partition coefficient (Wildman–Crippen LogP) is 3.00. The zero-order chi connectivity index (χ0) is 38.2. The van der Waals surface area contributed by atoms with Crippen molar-refractivity contribution in [3.05, 3.63) is 102 Å². The van der Waals surface area contributed by atoms with E-state index in [1.165, 1.54) is 36.0 Å². The van der Waals surface area contributed by atoms with Crippen molar-refractivity contribution in [2.75, 3.05) is 52.2 Å². The molecule has 282 valence electrons. The monoisotopic (exact) mass is 737 g/mol. The standard InChI is InChI=1S/C40H44FN7O6/c1-46-24-38(51)48-23-29(45-36(49)20-27-10-7-9-26-8-3-4-11-31(26)27)22-30(48)25-54-34-15-13-28(41)21-32(34)40(53)47(2)33(14-16-37(46)50)39(52)44-19-18-43-35-12-5-6-17-42-35/h3-13,15,17,21,29-30,33H,14,16,18-20,22-25H2,1-2H3,(H,42,43)(H,44,52)(H,45,49)/t29-,30-,33+/m0/s1. The van der Waals surface area contributed by atoms with Crippen molar-refractivity contribution in [3.8, 4) is 5.75 Å². The van der Waals surface area contributed by atoms with Crippen LogP contribution in [0.3, 0.4) is 0 Å². The molecular weight excluding hydrogens is 693 g/mol. The van der Waals surface area contributed by atoms with Crippen LogP contribution in [0.25, 0.3) is 10.8 Å². The molecular formula is C40H44FN7O6. The topological polar surface area (TPSA) is 153 Å². The van der Waals surface area contributed by atoms with E-state index in [2.05, 4.69) is 20.9 Å². The Morgan fingerprint density at radius 2 is 1.74 bits per heavy atom. The van der Waals surface area contributed by atoms with Gasteiger partial charge in [0, 0.05) is 52.4 Å². The highest BCUT2D eigenvalue weighted by Crippen LogP contribution is 2.27. The molecule has 0 spiro atoms. The largest absolute Gasteiger partial charge is 0.491 e. The van der Waals surface area contributed by atoms with Gasteiger partial charge in [-0.1, -0.05) is 48.5 Å². The van der Waals surface area contributed by atoms with E-state index in [9.17, 15) is 28.4 Å². The fourth-order valence-corrected chi connectivity index (χ4v) is 6.99. The molecule has 0 bridgehead atoms. The molecule has 1 fully saturated rings. The zero-order valence-corrected chi connectivity index (χ0v) is 30.3. The van der Waals surface area contributed by atoms with E-state index in [1.54, 1.807) is 23.2 Å². The Kier molecular flexibility index (Phi) is 12.0. The molecule has 0 radical (unpaired) electrons. The van der Waals surface area contributed by atoms with E-state index < -0.39 is 41.7 Å². The summed E-state index contributed by atoms with van der Waals surface area (Å²) in [4.78, 5) is 76.1. The van der Waals surface area contributed by atoms with Crippen molar-refractivity contribution >= 4 is 46.1 Å². The van der Waals surface area contributed by atoms with Crippen LogP contribution in [0, 0.1) is 5.82 Å². The summed E-state index contributed by atoms with van der Waals surface area (Å²) in [5, 5.41) is 11.0. The van der Waals surface area contributed by atoms with Gasteiger partial charge in [-0.05, 0) is 59.5 Å². The van der Waals surface area contributed by atoms with Crippen LogP contribution in [0.4, 0.5) is 10.2 Å². The second-order valence-electron chi connectivity index (χ2n) is 13.6. The molecule has 13 nitrogen and oxygen atoms in total. The summed E-state index contributed by atoms with van der Waals surface area (Å²) in [6, 6.07) is 20.6. The van der Waals surface area contributed by atoms with Gasteiger partial charge in [-0.2, -0.15) is 0 Å². The average molecular weight is 738 g/mol. The average Bonchev–Trinajstić information content (AvgIpc) is 3.58. The number of hydrogen-bond donors (Lipinski definition) is 3. The summed E-state index contributed by atoms with van der Waals surface area (Å²) in [6.07, 6.45) is 1.95. The third kappa shape index (κ3) is 9.11. The van der Waals surface area contributed by atoms with Gasteiger partial charge in [0.05, 0.1) is 24.6 Å². The van der Waals surface area contributed by atoms with Crippen LogP contribution in [-0.4, -0.2) is 114 Å². The highest BCUT2D eigenvalue weighted by Gasteiger charge is 2.38. The Morgan fingerprint density at radius 3 is 2.56 bits per heavy atom. The number of carbonyl (C=O) groups is 5. The Hall–Kier alpha value is -6.05. The predicted molar refractivity (Wildman–Crippen MR) is 200 cm³/mol. The lowest BCUT2D eigenvalue weighted by atomic mass is 10.0. The molecule has 0 aliphatic carbocycles. The molecule has 3 atom stereocenters. The fraction of sp³-hybridized carbons (Fsp3) is 0.350. The van der Waals surface area contributed by atoms with Crippen LogP contribution in [-0.2, 0) is 25.6 Å². The van der Waals surface area contributed by atoms with Crippen LogP contribution < -0.4 is 20.7 Å². The number of aromatic nitrogens is 1. The zero-order valence-electron chi connectivity index (χ0n) is 30.3. The molecule has 5 amide bonds. The van der Waals surface area contributed by atoms with Gasteiger partial charge in [-0.15, -0.1) is 0 Å². The molecule has 3 heterocycles. The second kappa shape index (κ2) is 17.2. The quantitative estimate of drug-likeness (QED) is 0.234. The first-order valence-corrected chi connectivity index (χ1v) is 18.0. The molecule has 0 unspecified atom stereocenters. The van der Waals surface area contributed by atoms with Gasteiger partial charge in [-0.25, -0.2) is 9.37 Å². The Bertz CT molecular complexity index is 2010. The van der Waals surface area contributed by atoms with E-state index in [0.717, 1.165) is 22.4 Å². The number of rotatable bonds is 8. The van der Waals surface area contributed by atoms with Crippen LogP contribution >= 0.6 is 0 Å². The van der Waals surface area contributed by atoms with Crippen LogP contribution in [0.15, 0.2) is 85.1 Å². The van der Waals surface area contributed by atoms with Crippen molar-refractivity contribution in [1.82, 2.24) is 30.3 Å². The fourth-order valence-electron chi connectivity index (χ4n) is 6.99. The van der Waals surface area contributed by atoms with Crippen LogP contribution in [0.2, 0.25) is 0 Å². The molecule has 6 rings (SSSR count). The van der Waals surface area contributed by atoms with Gasteiger partial charge >= 0.3 is 0 Å². The molecule has 1 aromatic heterocycles. The lowest BCUT2D eigenvalue weighted by Crippen LogP contribution is -2.49. The maximum Gasteiger partial charge on any atom is 0.258 e. The van der Waals surface area contributed by atoms with Crippen molar-refractivity contribution < 1.29 is 33.1 Å². The third-order valence-electron chi connectivity index (χ3n) is 9.85. The minimum Gasteiger partial charge on any atom is -0.491 e. The number of nitrogens with one attached hydrogen (secondary N) is 3. The van der Waals surface area contributed by atoms with Crippen molar-refractivity contribution in [1.29, 1.82) is 0 Å². The number of benzene rings is 3. The summed E-state index contributed by atoms with van der Waals surface area (Å²) >= 11 is 0. The minimum absolute atomic E-state index is 0.0538. The Morgan fingerprint density at radius 1 is 0.944 bits per heavy atom. The van der Waals surface area contributed by atoms with Gasteiger partial charge in [0.15, 0.2) is 0 Å². The van der Waals surface area contributed by atoms with Crippen molar-refractivity contribution in [2.45, 2.75) is 43.8 Å². The van der Waals surface area contributed by atoms with Gasteiger partial charge in [0.2, 0.25) is 23.6 Å². The maximum atomic E-state index is 14.6. The summed E-state index contributed by atoms with van der Waals surface area (Å²) in [7, 11) is 2.93. The minimum atomic E-state index is -1.09. The van der Waals surface area contributed by atoms with Gasteiger partial charge in [-0.3, -0.25) is 24.0 Å². The number of pyridine rings is 1. The first-order valence-electron chi connectivity index (χ1n) is 18.0. The number of nitrogens with zero attached hydrogens (tertiary/aromatic N) is 4. The van der Waals surface area contributed by atoms with Crippen molar-refractivity contribution in [2.24, 2.45) is 0 Å². The highest BCUT2D eigenvalue weighted by atomic mass is 19.1. The van der Waals surface area contributed by atoms with Crippen LogP contribution in [0.1, 0.15) is 35.2 Å². The van der Waals surface area contributed by atoms with Crippen LogP contribution in [0.5, 0.6) is 5.75 Å². The highest BCUT2D eigenvalue weighted by molar-refractivity contribution is 6.00. The molecule has 2 aliphatic rings. The number of halogens is 1. The van der Waals surface area contributed by atoms with Gasteiger partial charge in [0.25, 0.3) is 5.91 Å². The SMILES string of the molecule is CN1CC(=O)N2C[C@@H](NC(=O)Cc3cccc4ccccc34)C[C@H]2COc2ccc(F)cc2C(=O)N(C)[C@@H](C(=O)NCCNc2ccccn2)CCC1=O. The number of carbonyl (C=O) groups excluding carboxylic acids is 5. The molecule has 1 saturated heterocycles. The third-order valence-corrected chi connectivity index (χ3v) is 9.85. The summed E-state index contributed by atoms with van der Waals surface area (Å²) in [5.74, 6) is -2.09. The maximum absolute atomic E-state index is 14.6. The number of fused-ring (bicyclic) bond motifs is 3. The molecule has 14 heteroatoms. The first kappa shape index (κ1) is 37.7. The van der Waals surface area contributed by atoms with E-state index in [0.29, 0.717) is 18.8 Å². The summed E-state index contributed by atoms with van der Waals surface area (Å²) in [6.45, 7) is 0.434. The summed E-state index contributed by atoms with van der Waals surface area (Å²) in [5.41, 5.74) is 0.773. The van der Waals surface area contributed by atoms with E-state index >= 15 is 0 Å². The number of likely N-dealkylation sites (N-methyl/N-ethyl adjacent to an activating group) is 2. The molecule has 0 saturated carbocycles. The first-order chi connectivity index (χ1) is 26.1. The molecule has 4 aromatic rings. The van der Waals surface area contributed by atoms with E-state index in [1.807, 2.05) is 48.5 Å². The number of amides is 5. The van der Waals surface area contributed by atoms with Gasteiger partial charge in [0.1, 0.15) is 30.0 Å². The number of hydrogen-bond acceptors (Lipinski definition) is 8. The second-order valence-corrected chi connectivity index (χ2v) is 13.6. The Labute approximate surface area is 312 Å². The summed E-state index contributed by atoms with van der Waals surface area (Å²) < 4.78 is 20.8. The lowest BCUT2D eigenvalue weighted by molar-refractivity contribution is -0.140. The molecule has 3 aromatic carbocycles. The van der Waals surface area contributed by atoms with Gasteiger partial charge < -0.3 is 35.4 Å². The number of ether oxygens (including phenoxy) is 1. The Balaban J connectivity index is 1.18. The lowest BCUT2D eigenvalue weighted by Gasteiger charge is -2.28.